The Kier molecular flexibility index (Phi) is 6.46. The fraction of sp³-hybridized carbons (Fsp3) is 0.909. The maximum absolute atomic E-state index is 11.3. The number of ether oxygens (including phenoxy) is 1. The maximum Gasteiger partial charge on any atom is 0.407 e. The molecule has 0 saturated carbocycles. The third kappa shape index (κ3) is 7.28. The molecule has 0 saturated heterocycles. The number of hydrogen-bond acceptors (Lipinski definition) is 7. The van der Waals surface area contributed by atoms with Crippen LogP contribution >= 0.6 is 0 Å². The molecule has 0 radical (unpaired) electrons. The van der Waals surface area contributed by atoms with Crippen molar-refractivity contribution < 1.29 is 36.4 Å². The standard InChI is InChI=1S/C11H23NO7/c1-11(2,3)19-10(18)12-4-6(14)8(16)9(17)7(15)5-13/h6-9,13-17H,4-5H2,1-3H3,(H,12,18)/t6-,7+,8+,9+/m0/s1/i1D. The highest BCUT2D eigenvalue weighted by molar-refractivity contribution is 5.67. The molecule has 0 aliphatic heterocycles. The van der Waals surface area contributed by atoms with E-state index in [0.717, 1.165) is 0 Å². The van der Waals surface area contributed by atoms with E-state index in [4.69, 9.17) is 16.3 Å². The summed E-state index contributed by atoms with van der Waals surface area (Å²) in [6.45, 7) is 1.72. The van der Waals surface area contributed by atoms with Crippen molar-refractivity contribution in [2.75, 3.05) is 13.2 Å². The van der Waals surface area contributed by atoms with Gasteiger partial charge in [0.1, 0.15) is 23.9 Å². The van der Waals surface area contributed by atoms with Crippen LogP contribution in [0.25, 0.3) is 0 Å². The number of aliphatic hydroxyl groups is 5. The van der Waals surface area contributed by atoms with Gasteiger partial charge in [-0.05, 0) is 20.7 Å². The zero-order valence-corrected chi connectivity index (χ0v) is 11.0. The molecule has 0 aromatic carbocycles. The summed E-state index contributed by atoms with van der Waals surface area (Å²) in [4.78, 5) is 11.3. The molecule has 0 bridgehead atoms. The molecule has 0 heterocycles. The van der Waals surface area contributed by atoms with Crippen molar-refractivity contribution in [2.24, 2.45) is 0 Å². The summed E-state index contributed by atoms with van der Waals surface area (Å²) in [5.74, 6) is 0. The average molecular weight is 282 g/mol. The number of amides is 1. The van der Waals surface area contributed by atoms with E-state index < -0.39 is 49.3 Å². The zero-order valence-electron chi connectivity index (χ0n) is 12.0. The van der Waals surface area contributed by atoms with E-state index >= 15 is 0 Å². The lowest BCUT2D eigenvalue weighted by molar-refractivity contribution is -0.113. The Morgan fingerprint density at radius 1 is 1.26 bits per heavy atom. The Labute approximate surface area is 113 Å². The molecule has 6 N–H and O–H groups in total. The van der Waals surface area contributed by atoms with Crippen molar-refractivity contribution in [3.63, 3.8) is 0 Å². The molecule has 1 amide bonds. The van der Waals surface area contributed by atoms with Gasteiger partial charge in [-0.25, -0.2) is 4.79 Å². The molecule has 0 unspecified atom stereocenters. The van der Waals surface area contributed by atoms with Gasteiger partial charge < -0.3 is 35.6 Å². The number of aliphatic hydroxyl groups excluding tert-OH is 5. The number of nitrogens with one attached hydrogen (secondary N) is 1. The van der Waals surface area contributed by atoms with Gasteiger partial charge in [0.05, 0.1) is 12.7 Å². The van der Waals surface area contributed by atoms with E-state index in [0.29, 0.717) is 0 Å². The highest BCUT2D eigenvalue weighted by atomic mass is 16.6. The van der Waals surface area contributed by atoms with Gasteiger partial charge in [0.15, 0.2) is 0 Å². The Hall–Kier alpha value is -0.930. The fourth-order valence-corrected chi connectivity index (χ4v) is 1.16. The quantitative estimate of drug-likeness (QED) is 0.329. The van der Waals surface area contributed by atoms with Crippen LogP contribution in [-0.4, -0.2) is 74.8 Å². The van der Waals surface area contributed by atoms with E-state index in [9.17, 15) is 20.1 Å². The molecule has 0 aliphatic rings. The van der Waals surface area contributed by atoms with Crippen molar-refractivity contribution in [3.8, 4) is 0 Å². The van der Waals surface area contributed by atoms with Crippen LogP contribution < -0.4 is 5.32 Å². The van der Waals surface area contributed by atoms with Crippen LogP contribution in [0.1, 0.15) is 22.1 Å². The Bertz CT molecular complexity index is 302. The predicted octanol–water partition coefficient (Wildman–Crippen LogP) is -2.05. The minimum Gasteiger partial charge on any atom is -0.444 e. The number of carbonyl (C=O) groups excluding carboxylic acids is 1. The third-order valence-corrected chi connectivity index (χ3v) is 2.15. The number of alkyl carbamates (subject to hydrolysis) is 1. The normalized spacial score (nSPS) is 19.0. The molecule has 0 aromatic heterocycles. The first-order valence-corrected chi connectivity index (χ1v) is 5.73. The molecule has 8 nitrogen and oxygen atoms in total. The van der Waals surface area contributed by atoms with E-state index in [2.05, 4.69) is 5.32 Å². The summed E-state index contributed by atoms with van der Waals surface area (Å²) in [6.07, 6.45) is -7.54. The lowest BCUT2D eigenvalue weighted by Crippen LogP contribution is -2.50. The molecule has 19 heavy (non-hydrogen) atoms. The van der Waals surface area contributed by atoms with Crippen LogP contribution in [0.4, 0.5) is 4.79 Å². The van der Waals surface area contributed by atoms with E-state index in [-0.39, 0.29) is 6.90 Å². The van der Waals surface area contributed by atoms with Crippen LogP contribution in [-0.2, 0) is 4.74 Å². The monoisotopic (exact) mass is 282 g/mol. The number of hydrogen-bond donors (Lipinski definition) is 6. The first-order valence-electron chi connectivity index (χ1n) is 6.44. The van der Waals surface area contributed by atoms with E-state index in [1.807, 2.05) is 0 Å². The lowest BCUT2D eigenvalue weighted by Gasteiger charge is -2.26. The van der Waals surface area contributed by atoms with Crippen LogP contribution in [0.5, 0.6) is 0 Å². The number of rotatable bonds is 6. The largest absolute Gasteiger partial charge is 0.444 e. The zero-order chi connectivity index (χ0) is 15.9. The lowest BCUT2D eigenvalue weighted by atomic mass is 10.0. The molecule has 114 valence electrons. The topological polar surface area (TPSA) is 139 Å². The second-order valence-corrected chi connectivity index (χ2v) is 4.83. The van der Waals surface area contributed by atoms with Crippen molar-refractivity contribution in [1.29, 1.82) is 0 Å². The predicted molar refractivity (Wildman–Crippen MR) is 65.3 cm³/mol. The van der Waals surface area contributed by atoms with Crippen molar-refractivity contribution in [3.05, 3.63) is 0 Å². The Morgan fingerprint density at radius 3 is 2.26 bits per heavy atom. The van der Waals surface area contributed by atoms with Crippen LogP contribution in [0, 0.1) is 0 Å². The fourth-order valence-electron chi connectivity index (χ4n) is 1.16. The summed E-state index contributed by atoms with van der Waals surface area (Å²) >= 11 is 0. The summed E-state index contributed by atoms with van der Waals surface area (Å²) in [7, 11) is 0. The first-order chi connectivity index (χ1) is 9.14. The molecule has 8 heteroatoms. The maximum atomic E-state index is 11.3. The summed E-state index contributed by atoms with van der Waals surface area (Å²) in [5.41, 5.74) is -0.986. The molecule has 0 spiro atoms. The van der Waals surface area contributed by atoms with Gasteiger partial charge in [-0.2, -0.15) is 0 Å². The minimum atomic E-state index is -1.75. The summed E-state index contributed by atoms with van der Waals surface area (Å²) in [5, 5.41) is 48.2. The second-order valence-electron chi connectivity index (χ2n) is 4.83. The molecule has 0 rings (SSSR count). The third-order valence-electron chi connectivity index (χ3n) is 2.15. The van der Waals surface area contributed by atoms with Gasteiger partial charge in [-0.1, -0.05) is 0 Å². The molecular weight excluding hydrogens is 258 g/mol. The highest BCUT2D eigenvalue weighted by Gasteiger charge is 2.30. The van der Waals surface area contributed by atoms with Crippen LogP contribution in [0.15, 0.2) is 0 Å². The SMILES string of the molecule is [2H]CC(C)(C)OC(=O)NC[C@H](O)[C@@H](O)[C@H](O)[C@H](O)CO. The highest BCUT2D eigenvalue weighted by Crippen LogP contribution is 2.07. The van der Waals surface area contributed by atoms with E-state index in [1.54, 1.807) is 0 Å². The molecule has 0 aliphatic carbocycles. The second kappa shape index (κ2) is 7.61. The van der Waals surface area contributed by atoms with Crippen molar-refractivity contribution in [1.82, 2.24) is 5.32 Å². The molecule has 0 aromatic rings. The smallest absolute Gasteiger partial charge is 0.407 e. The van der Waals surface area contributed by atoms with E-state index in [1.165, 1.54) is 13.8 Å². The van der Waals surface area contributed by atoms with Crippen molar-refractivity contribution in [2.45, 2.75) is 50.8 Å². The Balaban J connectivity index is 4.21. The van der Waals surface area contributed by atoms with Gasteiger partial charge in [0, 0.05) is 7.92 Å². The van der Waals surface area contributed by atoms with Gasteiger partial charge in [-0.15, -0.1) is 0 Å². The van der Waals surface area contributed by atoms with Gasteiger partial charge in [0.25, 0.3) is 0 Å². The molecular formula is C11H23NO7. The number of carbonyl (C=O) groups is 1. The summed E-state index contributed by atoms with van der Waals surface area (Å²) in [6, 6.07) is 0. The minimum absolute atomic E-state index is 0.146. The van der Waals surface area contributed by atoms with Crippen LogP contribution in [0.3, 0.4) is 0 Å². The Morgan fingerprint density at radius 2 is 1.79 bits per heavy atom. The average Bonchev–Trinajstić information content (AvgIpc) is 2.41. The van der Waals surface area contributed by atoms with Gasteiger partial charge >= 0.3 is 6.09 Å². The van der Waals surface area contributed by atoms with Crippen LogP contribution in [0.2, 0.25) is 0 Å². The first kappa shape index (κ1) is 16.1. The van der Waals surface area contributed by atoms with Crippen molar-refractivity contribution >= 4 is 6.09 Å². The summed E-state index contributed by atoms with van der Waals surface area (Å²) < 4.78 is 12.0. The van der Waals surface area contributed by atoms with Gasteiger partial charge in [0.2, 0.25) is 0 Å². The van der Waals surface area contributed by atoms with Gasteiger partial charge in [-0.3, -0.25) is 0 Å². The molecule has 4 atom stereocenters. The molecule has 0 fully saturated rings.